The molecule has 8 heteroatoms. The van der Waals surface area contributed by atoms with Crippen molar-refractivity contribution < 1.29 is 13.2 Å². The smallest absolute Gasteiger partial charge is 0.240 e. The van der Waals surface area contributed by atoms with Crippen LogP contribution in [0.2, 0.25) is 5.02 Å². The maximum Gasteiger partial charge on any atom is 0.240 e. The van der Waals surface area contributed by atoms with Crippen molar-refractivity contribution in [3.05, 3.63) is 29.3 Å². The van der Waals surface area contributed by atoms with Crippen LogP contribution in [0.5, 0.6) is 0 Å². The number of sulfonamides is 1. The van der Waals surface area contributed by atoms with E-state index in [4.69, 9.17) is 11.6 Å². The summed E-state index contributed by atoms with van der Waals surface area (Å²) in [5.41, 5.74) is 0. The molecule has 0 spiro atoms. The van der Waals surface area contributed by atoms with Crippen molar-refractivity contribution >= 4 is 27.5 Å². The molecule has 0 saturated carbocycles. The molecule has 1 amide bonds. The standard InChI is InChI=1S/C14H20ClN3O3S/c15-12-4-1-5-13(9-12)22(20,21)18-8-7-17-14(19)11-3-2-6-16-10-11/h1,4-5,9,11,16,18H,2-3,6-8,10H2,(H,17,19). The van der Waals surface area contributed by atoms with E-state index in [-0.39, 0.29) is 29.8 Å². The van der Waals surface area contributed by atoms with Crippen molar-refractivity contribution in [2.75, 3.05) is 26.2 Å². The summed E-state index contributed by atoms with van der Waals surface area (Å²) < 4.78 is 26.5. The van der Waals surface area contributed by atoms with Crippen LogP contribution >= 0.6 is 11.6 Å². The Morgan fingerprint density at radius 3 is 2.86 bits per heavy atom. The molecule has 1 heterocycles. The van der Waals surface area contributed by atoms with E-state index in [9.17, 15) is 13.2 Å². The highest BCUT2D eigenvalue weighted by atomic mass is 35.5. The fraction of sp³-hybridized carbons (Fsp3) is 0.500. The molecule has 1 aromatic rings. The lowest BCUT2D eigenvalue weighted by Crippen LogP contribution is -2.42. The monoisotopic (exact) mass is 345 g/mol. The van der Waals surface area contributed by atoms with Gasteiger partial charge in [-0.1, -0.05) is 17.7 Å². The van der Waals surface area contributed by atoms with E-state index in [0.717, 1.165) is 19.4 Å². The lowest BCUT2D eigenvalue weighted by Gasteiger charge is -2.21. The molecular weight excluding hydrogens is 326 g/mol. The van der Waals surface area contributed by atoms with Gasteiger partial charge in [0.15, 0.2) is 0 Å². The number of benzene rings is 1. The molecular formula is C14H20ClN3O3S. The Bertz CT molecular complexity index is 616. The zero-order chi connectivity index (χ0) is 16.0. The van der Waals surface area contributed by atoms with Gasteiger partial charge < -0.3 is 10.6 Å². The highest BCUT2D eigenvalue weighted by molar-refractivity contribution is 7.89. The third kappa shape index (κ3) is 4.95. The molecule has 1 atom stereocenters. The minimum Gasteiger partial charge on any atom is -0.355 e. The first-order valence-electron chi connectivity index (χ1n) is 7.23. The van der Waals surface area contributed by atoms with Gasteiger partial charge in [0.2, 0.25) is 15.9 Å². The molecule has 1 fully saturated rings. The fourth-order valence-electron chi connectivity index (χ4n) is 2.31. The minimum atomic E-state index is -3.60. The lowest BCUT2D eigenvalue weighted by molar-refractivity contribution is -0.125. The van der Waals surface area contributed by atoms with Gasteiger partial charge >= 0.3 is 0 Å². The highest BCUT2D eigenvalue weighted by Crippen LogP contribution is 2.15. The molecule has 2 rings (SSSR count). The zero-order valence-electron chi connectivity index (χ0n) is 12.1. The molecule has 1 aliphatic heterocycles. The van der Waals surface area contributed by atoms with Crippen LogP contribution in [0.4, 0.5) is 0 Å². The van der Waals surface area contributed by atoms with Gasteiger partial charge in [0.1, 0.15) is 0 Å². The number of hydrogen-bond donors (Lipinski definition) is 3. The maximum absolute atomic E-state index is 12.0. The molecule has 1 unspecified atom stereocenters. The molecule has 3 N–H and O–H groups in total. The highest BCUT2D eigenvalue weighted by Gasteiger charge is 2.20. The largest absolute Gasteiger partial charge is 0.355 e. The third-order valence-corrected chi connectivity index (χ3v) is 5.18. The predicted molar refractivity (Wildman–Crippen MR) is 85.2 cm³/mol. The summed E-state index contributed by atoms with van der Waals surface area (Å²) in [7, 11) is -3.60. The van der Waals surface area contributed by atoms with Crippen molar-refractivity contribution in [3.63, 3.8) is 0 Å². The van der Waals surface area contributed by atoms with E-state index >= 15 is 0 Å². The number of rotatable bonds is 6. The number of amides is 1. The van der Waals surface area contributed by atoms with Gasteiger partial charge in [-0.25, -0.2) is 13.1 Å². The Balaban J connectivity index is 1.77. The van der Waals surface area contributed by atoms with Gasteiger partial charge in [-0.2, -0.15) is 0 Å². The van der Waals surface area contributed by atoms with Crippen LogP contribution in [0.15, 0.2) is 29.2 Å². The molecule has 0 radical (unpaired) electrons. The average molecular weight is 346 g/mol. The van der Waals surface area contributed by atoms with E-state index in [2.05, 4.69) is 15.4 Å². The van der Waals surface area contributed by atoms with Crippen molar-refractivity contribution in [1.29, 1.82) is 0 Å². The van der Waals surface area contributed by atoms with Gasteiger partial charge in [-0.15, -0.1) is 0 Å². The van der Waals surface area contributed by atoms with Gasteiger partial charge in [0, 0.05) is 24.7 Å². The molecule has 22 heavy (non-hydrogen) atoms. The van der Waals surface area contributed by atoms with Crippen LogP contribution in [0.3, 0.4) is 0 Å². The summed E-state index contributed by atoms with van der Waals surface area (Å²) >= 11 is 5.78. The molecule has 0 bridgehead atoms. The van der Waals surface area contributed by atoms with Crippen LogP contribution in [-0.2, 0) is 14.8 Å². The summed E-state index contributed by atoms with van der Waals surface area (Å²) in [4.78, 5) is 12.0. The zero-order valence-corrected chi connectivity index (χ0v) is 13.7. The van der Waals surface area contributed by atoms with Crippen molar-refractivity contribution in [2.45, 2.75) is 17.7 Å². The molecule has 0 aliphatic carbocycles. The van der Waals surface area contributed by atoms with Gasteiger partial charge in [0.25, 0.3) is 0 Å². The summed E-state index contributed by atoms with van der Waals surface area (Å²) in [6.45, 7) is 2.03. The molecule has 1 saturated heterocycles. The number of carbonyl (C=O) groups excluding carboxylic acids is 1. The second-order valence-corrected chi connectivity index (χ2v) is 7.39. The third-order valence-electron chi connectivity index (χ3n) is 3.49. The van der Waals surface area contributed by atoms with Gasteiger partial charge in [-0.3, -0.25) is 4.79 Å². The van der Waals surface area contributed by atoms with E-state index < -0.39 is 10.0 Å². The Kier molecular flexibility index (Phi) is 6.19. The summed E-state index contributed by atoms with van der Waals surface area (Å²) in [5.74, 6) is -0.0626. The number of halogens is 1. The predicted octanol–water partition coefficient (Wildman–Crippen LogP) is 0.734. The quantitative estimate of drug-likeness (QED) is 0.663. The van der Waals surface area contributed by atoms with Crippen molar-refractivity contribution in [3.8, 4) is 0 Å². The first-order chi connectivity index (χ1) is 10.5. The Hall–Kier alpha value is -1.15. The van der Waals surface area contributed by atoms with E-state index in [1.54, 1.807) is 12.1 Å². The number of piperidine rings is 1. The summed E-state index contributed by atoms with van der Waals surface area (Å²) in [5, 5.41) is 6.29. The van der Waals surface area contributed by atoms with Crippen LogP contribution < -0.4 is 15.4 Å². The fourth-order valence-corrected chi connectivity index (χ4v) is 3.64. The number of carbonyl (C=O) groups is 1. The average Bonchev–Trinajstić information content (AvgIpc) is 2.52. The number of hydrogen-bond acceptors (Lipinski definition) is 4. The van der Waals surface area contributed by atoms with Crippen molar-refractivity contribution in [2.24, 2.45) is 5.92 Å². The molecule has 0 aromatic heterocycles. The first-order valence-corrected chi connectivity index (χ1v) is 9.09. The lowest BCUT2D eigenvalue weighted by atomic mass is 9.99. The second kappa shape index (κ2) is 7.92. The molecule has 1 aliphatic rings. The second-order valence-electron chi connectivity index (χ2n) is 5.19. The van der Waals surface area contributed by atoms with E-state index in [1.165, 1.54) is 12.1 Å². The van der Waals surface area contributed by atoms with Crippen molar-refractivity contribution in [1.82, 2.24) is 15.4 Å². The Morgan fingerprint density at radius 2 is 2.18 bits per heavy atom. The summed E-state index contributed by atoms with van der Waals surface area (Å²) in [6, 6.07) is 6.05. The first kappa shape index (κ1) is 17.2. The molecule has 6 nitrogen and oxygen atoms in total. The van der Waals surface area contributed by atoms with E-state index in [1.807, 2.05) is 0 Å². The van der Waals surface area contributed by atoms with Crippen LogP contribution in [-0.4, -0.2) is 40.5 Å². The van der Waals surface area contributed by atoms with Gasteiger partial charge in [-0.05, 0) is 37.6 Å². The maximum atomic E-state index is 12.0. The molecule has 122 valence electrons. The molecule has 1 aromatic carbocycles. The minimum absolute atomic E-state index is 0.0294. The topological polar surface area (TPSA) is 87.3 Å². The SMILES string of the molecule is O=C(NCCNS(=O)(=O)c1cccc(Cl)c1)C1CCCNC1. The van der Waals surface area contributed by atoms with Gasteiger partial charge in [0.05, 0.1) is 10.8 Å². The summed E-state index contributed by atoms with van der Waals surface area (Å²) in [6.07, 6.45) is 1.85. The van der Waals surface area contributed by atoms with Crippen LogP contribution in [0, 0.1) is 5.92 Å². The Labute approximate surface area is 135 Å². The van der Waals surface area contributed by atoms with E-state index in [0.29, 0.717) is 11.6 Å². The van der Waals surface area contributed by atoms with Crippen LogP contribution in [0.25, 0.3) is 0 Å². The Morgan fingerprint density at radius 1 is 1.36 bits per heavy atom. The number of nitrogens with one attached hydrogen (secondary N) is 3. The van der Waals surface area contributed by atoms with Crippen LogP contribution in [0.1, 0.15) is 12.8 Å². The normalized spacial score (nSPS) is 18.9.